The van der Waals surface area contributed by atoms with Crippen molar-refractivity contribution in [2.24, 2.45) is 0 Å². The van der Waals surface area contributed by atoms with E-state index in [9.17, 15) is 13.2 Å². The third-order valence-electron chi connectivity index (χ3n) is 6.06. The summed E-state index contributed by atoms with van der Waals surface area (Å²) in [5.41, 5.74) is 1.05. The van der Waals surface area contributed by atoms with Gasteiger partial charge in [0, 0.05) is 30.6 Å². The number of carbonyl (C=O) groups is 1. The highest BCUT2D eigenvalue weighted by Gasteiger charge is 2.28. The second-order valence-corrected chi connectivity index (χ2v) is 10.9. The first kappa shape index (κ1) is 26.8. The lowest BCUT2D eigenvalue weighted by Gasteiger charge is -2.17. The smallest absolute Gasteiger partial charge is 0.243 e. The van der Waals surface area contributed by atoms with E-state index in [2.05, 4.69) is 5.32 Å². The number of benzene rings is 3. The maximum absolute atomic E-state index is 13.0. The van der Waals surface area contributed by atoms with Crippen molar-refractivity contribution in [1.29, 1.82) is 0 Å². The SMILES string of the molecule is COc1cccc(Oc2ccc(Cl)cc2NC(=O)CCc2cc(S(=O)(=O)N3CCCC3)ccc2OC)c1. The summed E-state index contributed by atoms with van der Waals surface area (Å²) in [5.74, 6) is 1.84. The normalized spacial score (nSPS) is 13.8. The van der Waals surface area contributed by atoms with Crippen LogP contribution in [0.5, 0.6) is 23.0 Å². The topological polar surface area (TPSA) is 94.2 Å². The number of amides is 1. The molecule has 0 spiro atoms. The molecule has 3 aromatic carbocycles. The van der Waals surface area contributed by atoms with Gasteiger partial charge in [-0.2, -0.15) is 4.31 Å². The van der Waals surface area contributed by atoms with Gasteiger partial charge in [-0.15, -0.1) is 0 Å². The molecule has 0 aliphatic carbocycles. The second kappa shape index (κ2) is 11.9. The highest BCUT2D eigenvalue weighted by molar-refractivity contribution is 7.89. The lowest BCUT2D eigenvalue weighted by molar-refractivity contribution is -0.116. The van der Waals surface area contributed by atoms with Gasteiger partial charge in [0.15, 0.2) is 5.75 Å². The zero-order chi connectivity index (χ0) is 26.4. The molecule has 8 nitrogen and oxygen atoms in total. The monoisotopic (exact) mass is 544 g/mol. The van der Waals surface area contributed by atoms with E-state index in [0.29, 0.717) is 52.4 Å². The van der Waals surface area contributed by atoms with E-state index >= 15 is 0 Å². The summed E-state index contributed by atoms with van der Waals surface area (Å²) in [6.45, 7) is 1.04. The zero-order valence-electron chi connectivity index (χ0n) is 20.7. The molecule has 1 amide bonds. The molecule has 1 heterocycles. The standard InChI is InChI=1S/C27H29ClN2O6S/c1-34-21-6-5-7-22(18-21)36-26-11-9-20(28)17-24(26)29-27(31)13-8-19-16-23(10-12-25(19)35-2)37(32,33)30-14-3-4-15-30/h5-7,9-12,16-18H,3-4,8,13-15H2,1-2H3,(H,29,31). The molecule has 1 aliphatic heterocycles. The fraction of sp³-hybridized carbons (Fsp3) is 0.296. The van der Waals surface area contributed by atoms with Gasteiger partial charge in [0.25, 0.3) is 0 Å². The molecule has 0 unspecified atom stereocenters. The first-order valence-electron chi connectivity index (χ1n) is 11.9. The van der Waals surface area contributed by atoms with Crippen LogP contribution in [0.25, 0.3) is 0 Å². The lowest BCUT2D eigenvalue weighted by atomic mass is 10.1. The van der Waals surface area contributed by atoms with Gasteiger partial charge in [0.05, 0.1) is 24.8 Å². The maximum Gasteiger partial charge on any atom is 0.243 e. The lowest BCUT2D eigenvalue weighted by Crippen LogP contribution is -2.28. The van der Waals surface area contributed by atoms with E-state index in [4.69, 9.17) is 25.8 Å². The van der Waals surface area contributed by atoms with E-state index in [1.807, 2.05) is 0 Å². The van der Waals surface area contributed by atoms with E-state index in [1.54, 1.807) is 67.8 Å². The van der Waals surface area contributed by atoms with E-state index in [0.717, 1.165) is 12.8 Å². The van der Waals surface area contributed by atoms with Crippen molar-refractivity contribution in [1.82, 2.24) is 4.31 Å². The van der Waals surface area contributed by atoms with Crippen LogP contribution in [0.3, 0.4) is 0 Å². The molecule has 0 bridgehead atoms. The zero-order valence-corrected chi connectivity index (χ0v) is 22.3. The largest absolute Gasteiger partial charge is 0.497 e. The van der Waals surface area contributed by atoms with Crippen LogP contribution in [0.15, 0.2) is 65.6 Å². The number of carbonyl (C=O) groups excluding carboxylic acids is 1. The van der Waals surface area contributed by atoms with Crippen molar-refractivity contribution in [2.45, 2.75) is 30.6 Å². The van der Waals surface area contributed by atoms with Crippen LogP contribution in [0.1, 0.15) is 24.8 Å². The second-order valence-electron chi connectivity index (χ2n) is 8.55. The summed E-state index contributed by atoms with van der Waals surface area (Å²) in [7, 11) is -0.497. The van der Waals surface area contributed by atoms with E-state index in [1.165, 1.54) is 11.4 Å². The molecule has 1 saturated heterocycles. The molecule has 37 heavy (non-hydrogen) atoms. The number of methoxy groups -OCH3 is 2. The van der Waals surface area contributed by atoms with Gasteiger partial charge < -0.3 is 19.5 Å². The van der Waals surface area contributed by atoms with Crippen molar-refractivity contribution >= 4 is 33.2 Å². The summed E-state index contributed by atoms with van der Waals surface area (Å²) in [4.78, 5) is 13.1. The fourth-order valence-electron chi connectivity index (χ4n) is 4.13. The Morgan fingerprint density at radius 3 is 2.41 bits per heavy atom. The number of halogens is 1. The molecule has 10 heteroatoms. The molecule has 0 radical (unpaired) electrons. The fourth-order valence-corrected chi connectivity index (χ4v) is 5.87. The van der Waals surface area contributed by atoms with Crippen LogP contribution in [-0.2, 0) is 21.2 Å². The van der Waals surface area contributed by atoms with Crippen molar-refractivity contribution < 1.29 is 27.4 Å². The molecule has 0 aromatic heterocycles. The molecule has 4 rings (SSSR count). The average Bonchev–Trinajstić information content (AvgIpc) is 3.45. The van der Waals surface area contributed by atoms with Gasteiger partial charge in [-0.05, 0) is 73.4 Å². The van der Waals surface area contributed by atoms with Crippen molar-refractivity contribution in [3.63, 3.8) is 0 Å². The summed E-state index contributed by atoms with van der Waals surface area (Å²) in [6.07, 6.45) is 2.09. The minimum atomic E-state index is -3.58. The Kier molecular flexibility index (Phi) is 8.58. The van der Waals surface area contributed by atoms with Crippen LogP contribution in [0.4, 0.5) is 5.69 Å². The van der Waals surface area contributed by atoms with Crippen LogP contribution in [0.2, 0.25) is 5.02 Å². The number of ether oxygens (including phenoxy) is 3. The van der Waals surface area contributed by atoms with Gasteiger partial charge in [0.2, 0.25) is 15.9 Å². The molecule has 3 aromatic rings. The predicted molar refractivity (Wildman–Crippen MR) is 142 cm³/mol. The molecule has 0 atom stereocenters. The van der Waals surface area contributed by atoms with E-state index in [-0.39, 0.29) is 23.6 Å². The Bertz CT molecular complexity index is 1370. The Hall–Kier alpha value is -3.27. The Labute approximate surface area is 222 Å². The average molecular weight is 545 g/mol. The van der Waals surface area contributed by atoms with Crippen LogP contribution in [0, 0.1) is 0 Å². The Morgan fingerprint density at radius 2 is 1.68 bits per heavy atom. The number of rotatable bonds is 10. The van der Waals surface area contributed by atoms with Crippen LogP contribution >= 0.6 is 11.6 Å². The summed E-state index contributed by atoms with van der Waals surface area (Å²) in [5, 5.41) is 3.29. The summed E-state index contributed by atoms with van der Waals surface area (Å²) < 4.78 is 44.1. The number of anilines is 1. The molecule has 0 saturated carbocycles. The van der Waals surface area contributed by atoms with Crippen molar-refractivity contribution in [3.8, 4) is 23.0 Å². The minimum absolute atomic E-state index is 0.0920. The van der Waals surface area contributed by atoms with Crippen LogP contribution in [-0.4, -0.2) is 45.9 Å². The van der Waals surface area contributed by atoms with Crippen LogP contribution < -0.4 is 19.5 Å². The van der Waals surface area contributed by atoms with Gasteiger partial charge in [-0.3, -0.25) is 4.79 Å². The number of nitrogens with one attached hydrogen (secondary N) is 1. The van der Waals surface area contributed by atoms with Gasteiger partial charge in [-0.1, -0.05) is 17.7 Å². The Balaban J connectivity index is 1.48. The molecule has 1 N–H and O–H groups in total. The minimum Gasteiger partial charge on any atom is -0.497 e. The maximum atomic E-state index is 13.0. The predicted octanol–water partition coefficient (Wildman–Crippen LogP) is 5.51. The first-order chi connectivity index (χ1) is 17.8. The number of nitrogens with zero attached hydrogens (tertiary/aromatic N) is 1. The number of hydrogen-bond donors (Lipinski definition) is 1. The molecule has 1 aliphatic rings. The highest BCUT2D eigenvalue weighted by atomic mass is 35.5. The third kappa shape index (κ3) is 6.54. The van der Waals surface area contributed by atoms with Crippen molar-refractivity contribution in [3.05, 3.63) is 71.2 Å². The summed E-state index contributed by atoms with van der Waals surface area (Å²) >= 11 is 6.17. The number of aryl methyl sites for hydroxylation is 1. The van der Waals surface area contributed by atoms with E-state index < -0.39 is 10.0 Å². The van der Waals surface area contributed by atoms with Gasteiger partial charge in [-0.25, -0.2) is 8.42 Å². The molecule has 196 valence electrons. The number of hydrogen-bond acceptors (Lipinski definition) is 6. The molecular formula is C27H29ClN2O6S. The van der Waals surface area contributed by atoms with Gasteiger partial charge in [0.1, 0.15) is 17.2 Å². The quantitative estimate of drug-likeness (QED) is 0.362. The first-order valence-corrected chi connectivity index (χ1v) is 13.7. The third-order valence-corrected chi connectivity index (χ3v) is 8.19. The molecule has 1 fully saturated rings. The summed E-state index contributed by atoms with van der Waals surface area (Å²) in [6, 6.07) is 16.8. The molecular weight excluding hydrogens is 516 g/mol. The van der Waals surface area contributed by atoms with Crippen molar-refractivity contribution in [2.75, 3.05) is 32.6 Å². The highest BCUT2D eigenvalue weighted by Crippen LogP contribution is 2.34. The van der Waals surface area contributed by atoms with Gasteiger partial charge >= 0.3 is 0 Å². The Morgan fingerprint density at radius 1 is 0.946 bits per heavy atom. The number of sulfonamides is 1.